The Morgan fingerprint density at radius 1 is 1.28 bits per heavy atom. The van der Waals surface area contributed by atoms with E-state index in [1.54, 1.807) is 0 Å². The third-order valence-corrected chi connectivity index (χ3v) is 3.46. The summed E-state index contributed by atoms with van der Waals surface area (Å²) in [7, 11) is 0. The smallest absolute Gasteiger partial charge is 0.326 e. The summed E-state index contributed by atoms with van der Waals surface area (Å²) < 4.78 is 1.39. The van der Waals surface area contributed by atoms with Gasteiger partial charge in [0.05, 0.1) is 10.6 Å². The molecule has 1 amide bonds. The zero-order valence-corrected chi connectivity index (χ0v) is 13.7. The maximum atomic E-state index is 12.2. The summed E-state index contributed by atoms with van der Waals surface area (Å²) in [6.45, 7) is 3.73. The van der Waals surface area contributed by atoms with Gasteiger partial charge in [-0.3, -0.25) is 14.9 Å². The number of nitrogens with one attached hydrogen (secondary N) is 1. The first-order valence-corrected chi connectivity index (χ1v) is 7.62. The predicted octanol–water partition coefficient (Wildman–Crippen LogP) is 2.01. The van der Waals surface area contributed by atoms with Crippen molar-refractivity contribution >= 4 is 17.6 Å². The Hall–Kier alpha value is -3.23. The summed E-state index contributed by atoms with van der Waals surface area (Å²) in [6.07, 6.45) is 1.83. The Kier molecular flexibility index (Phi) is 5.48. The van der Waals surface area contributed by atoms with Crippen LogP contribution in [0.25, 0.3) is 5.69 Å². The molecule has 132 valence electrons. The molecule has 0 spiro atoms. The van der Waals surface area contributed by atoms with Crippen molar-refractivity contribution in [2.75, 3.05) is 0 Å². The molecular weight excluding hydrogens is 328 g/mol. The van der Waals surface area contributed by atoms with Gasteiger partial charge in [0, 0.05) is 18.3 Å². The fourth-order valence-corrected chi connectivity index (χ4v) is 2.24. The maximum Gasteiger partial charge on any atom is 0.326 e. The van der Waals surface area contributed by atoms with Crippen molar-refractivity contribution in [3.63, 3.8) is 0 Å². The van der Waals surface area contributed by atoms with Crippen molar-refractivity contribution in [1.29, 1.82) is 0 Å². The van der Waals surface area contributed by atoms with Crippen LogP contribution in [-0.4, -0.2) is 37.7 Å². The van der Waals surface area contributed by atoms with Gasteiger partial charge in [0.1, 0.15) is 6.04 Å². The molecule has 0 saturated carbocycles. The van der Waals surface area contributed by atoms with Crippen LogP contribution in [0.5, 0.6) is 0 Å². The molecule has 2 N–H and O–H groups in total. The molecule has 0 saturated heterocycles. The number of rotatable bonds is 7. The summed E-state index contributed by atoms with van der Waals surface area (Å²) >= 11 is 0. The lowest BCUT2D eigenvalue weighted by Gasteiger charge is -2.15. The van der Waals surface area contributed by atoms with Crippen molar-refractivity contribution < 1.29 is 19.6 Å². The SMILES string of the molecule is CC(C)C[C@H](NC(=O)c1ccn(-c2ccc([N+](=O)[O-])cc2)n1)C(=O)O. The van der Waals surface area contributed by atoms with Gasteiger partial charge in [0.25, 0.3) is 11.6 Å². The van der Waals surface area contributed by atoms with E-state index in [2.05, 4.69) is 10.4 Å². The third-order valence-electron chi connectivity index (χ3n) is 3.46. The number of hydrogen-bond acceptors (Lipinski definition) is 5. The summed E-state index contributed by atoms with van der Waals surface area (Å²) in [5.74, 6) is -1.58. The number of aromatic nitrogens is 2. The fraction of sp³-hybridized carbons (Fsp3) is 0.312. The van der Waals surface area contributed by atoms with Crippen LogP contribution in [0.1, 0.15) is 30.8 Å². The van der Waals surface area contributed by atoms with Crippen LogP contribution in [-0.2, 0) is 4.79 Å². The average Bonchev–Trinajstić information content (AvgIpc) is 3.03. The number of nitro benzene ring substituents is 1. The van der Waals surface area contributed by atoms with Crippen molar-refractivity contribution in [2.45, 2.75) is 26.3 Å². The Balaban J connectivity index is 2.12. The molecule has 0 radical (unpaired) electrons. The highest BCUT2D eigenvalue weighted by Crippen LogP contribution is 2.15. The second-order valence-corrected chi connectivity index (χ2v) is 5.91. The normalized spacial score (nSPS) is 12.0. The Bertz CT molecular complexity index is 782. The number of non-ortho nitro benzene ring substituents is 1. The van der Waals surface area contributed by atoms with Gasteiger partial charge in [-0.1, -0.05) is 13.8 Å². The van der Waals surface area contributed by atoms with Gasteiger partial charge in [-0.15, -0.1) is 0 Å². The Morgan fingerprint density at radius 2 is 1.92 bits per heavy atom. The average molecular weight is 346 g/mol. The van der Waals surface area contributed by atoms with Crippen LogP contribution in [0.4, 0.5) is 5.69 Å². The maximum absolute atomic E-state index is 12.2. The molecule has 2 aromatic rings. The number of carboxylic acids is 1. The van der Waals surface area contributed by atoms with E-state index in [0.717, 1.165) is 0 Å². The largest absolute Gasteiger partial charge is 0.480 e. The molecular formula is C16H18N4O5. The molecule has 2 rings (SSSR count). The molecule has 1 heterocycles. The van der Waals surface area contributed by atoms with E-state index >= 15 is 0 Å². The lowest BCUT2D eigenvalue weighted by molar-refractivity contribution is -0.384. The standard InChI is InChI=1S/C16H18N4O5/c1-10(2)9-14(16(22)23)17-15(21)13-7-8-19(18-13)11-3-5-12(6-4-11)20(24)25/h3-8,10,14H,9H2,1-2H3,(H,17,21)(H,22,23)/t14-/m0/s1. The molecule has 0 bridgehead atoms. The molecule has 9 nitrogen and oxygen atoms in total. The first-order chi connectivity index (χ1) is 11.8. The van der Waals surface area contributed by atoms with Crippen molar-refractivity contribution in [1.82, 2.24) is 15.1 Å². The highest BCUT2D eigenvalue weighted by Gasteiger charge is 2.22. The lowest BCUT2D eigenvalue weighted by Crippen LogP contribution is -2.41. The molecule has 1 aromatic heterocycles. The molecule has 0 fully saturated rings. The second kappa shape index (κ2) is 7.56. The zero-order valence-electron chi connectivity index (χ0n) is 13.7. The van der Waals surface area contributed by atoms with Crippen LogP contribution in [0.3, 0.4) is 0 Å². The molecule has 1 aromatic carbocycles. The molecule has 1 atom stereocenters. The van der Waals surface area contributed by atoms with Crippen LogP contribution in [0.15, 0.2) is 36.5 Å². The van der Waals surface area contributed by atoms with Gasteiger partial charge in [-0.25, -0.2) is 9.48 Å². The van der Waals surface area contributed by atoms with Crippen LogP contribution in [0, 0.1) is 16.0 Å². The lowest BCUT2D eigenvalue weighted by atomic mass is 10.0. The Morgan fingerprint density at radius 3 is 2.44 bits per heavy atom. The molecule has 0 aliphatic rings. The number of nitro groups is 1. The summed E-state index contributed by atoms with van der Waals surface area (Å²) in [5.41, 5.74) is 0.557. The van der Waals surface area contributed by atoms with Crippen molar-refractivity contribution in [3.8, 4) is 5.69 Å². The highest BCUT2D eigenvalue weighted by molar-refractivity contribution is 5.94. The van der Waals surface area contributed by atoms with E-state index in [-0.39, 0.29) is 17.3 Å². The van der Waals surface area contributed by atoms with E-state index in [1.165, 1.54) is 41.2 Å². The van der Waals surface area contributed by atoms with Crippen LogP contribution >= 0.6 is 0 Å². The zero-order chi connectivity index (χ0) is 18.6. The van der Waals surface area contributed by atoms with Gasteiger partial charge >= 0.3 is 5.97 Å². The minimum absolute atomic E-state index is 0.0492. The molecule has 9 heteroatoms. The summed E-state index contributed by atoms with van der Waals surface area (Å²) in [6, 6.07) is 6.14. The first kappa shape index (κ1) is 18.1. The number of carboxylic acid groups (broad SMARTS) is 1. The van der Waals surface area contributed by atoms with Crippen LogP contribution in [0.2, 0.25) is 0 Å². The minimum Gasteiger partial charge on any atom is -0.480 e. The van der Waals surface area contributed by atoms with Crippen molar-refractivity contribution in [2.24, 2.45) is 5.92 Å². The van der Waals surface area contributed by atoms with Gasteiger partial charge < -0.3 is 10.4 Å². The Labute approximate surface area is 143 Å². The highest BCUT2D eigenvalue weighted by atomic mass is 16.6. The number of amides is 1. The number of carbonyl (C=O) groups is 2. The van der Waals surface area contributed by atoms with E-state index < -0.39 is 22.8 Å². The number of carbonyl (C=O) groups excluding carboxylic acids is 1. The van der Waals surface area contributed by atoms with Gasteiger partial charge in [-0.2, -0.15) is 5.10 Å². The topological polar surface area (TPSA) is 127 Å². The van der Waals surface area contributed by atoms with Crippen LogP contribution < -0.4 is 5.32 Å². The number of hydrogen-bond donors (Lipinski definition) is 2. The second-order valence-electron chi connectivity index (χ2n) is 5.91. The summed E-state index contributed by atoms with van der Waals surface area (Å²) in [5, 5.41) is 26.4. The predicted molar refractivity (Wildman–Crippen MR) is 88.6 cm³/mol. The van der Waals surface area contributed by atoms with Crippen molar-refractivity contribution in [3.05, 3.63) is 52.3 Å². The molecule has 0 unspecified atom stereocenters. The number of aliphatic carboxylic acids is 1. The van der Waals surface area contributed by atoms with E-state index in [9.17, 15) is 24.8 Å². The third kappa shape index (κ3) is 4.63. The number of benzene rings is 1. The summed E-state index contributed by atoms with van der Waals surface area (Å²) in [4.78, 5) is 33.6. The molecule has 0 aliphatic carbocycles. The van der Waals surface area contributed by atoms with Gasteiger partial charge in [0.15, 0.2) is 5.69 Å². The monoisotopic (exact) mass is 346 g/mol. The van der Waals surface area contributed by atoms with E-state index in [0.29, 0.717) is 12.1 Å². The van der Waals surface area contributed by atoms with Gasteiger partial charge in [0.2, 0.25) is 0 Å². The van der Waals surface area contributed by atoms with Gasteiger partial charge in [-0.05, 0) is 30.5 Å². The molecule has 0 aliphatic heterocycles. The van der Waals surface area contributed by atoms with E-state index in [4.69, 9.17) is 0 Å². The minimum atomic E-state index is -1.10. The first-order valence-electron chi connectivity index (χ1n) is 7.62. The number of nitrogens with zero attached hydrogens (tertiary/aromatic N) is 3. The quantitative estimate of drug-likeness (QED) is 0.583. The molecule has 25 heavy (non-hydrogen) atoms. The van der Waals surface area contributed by atoms with E-state index in [1.807, 2.05) is 13.8 Å². The fourth-order valence-electron chi connectivity index (χ4n) is 2.24.